The van der Waals surface area contributed by atoms with Crippen LogP contribution in [0.2, 0.25) is 0 Å². The summed E-state index contributed by atoms with van der Waals surface area (Å²) in [4.78, 5) is 25.7. The molecule has 0 radical (unpaired) electrons. The summed E-state index contributed by atoms with van der Waals surface area (Å²) >= 11 is 0. The van der Waals surface area contributed by atoms with Gasteiger partial charge in [0.2, 0.25) is 5.91 Å². The Kier molecular flexibility index (Phi) is 5.33. The van der Waals surface area contributed by atoms with Crippen molar-refractivity contribution in [1.29, 1.82) is 0 Å². The van der Waals surface area contributed by atoms with Gasteiger partial charge in [-0.15, -0.1) is 0 Å². The molecular formula is C16H22N2O3. The third-order valence-corrected chi connectivity index (χ3v) is 3.71. The topological polar surface area (TPSA) is 58.6 Å². The summed E-state index contributed by atoms with van der Waals surface area (Å²) in [7, 11) is 1.41. The van der Waals surface area contributed by atoms with E-state index in [1.807, 2.05) is 36.1 Å². The number of piperidine rings is 1. The first kappa shape index (κ1) is 15.5. The molecule has 2 rings (SSSR count). The molecule has 1 saturated heterocycles. The van der Waals surface area contributed by atoms with Crippen LogP contribution in [0.15, 0.2) is 24.3 Å². The Hall–Kier alpha value is -1.88. The highest BCUT2D eigenvalue weighted by Gasteiger charge is 2.27. The summed E-state index contributed by atoms with van der Waals surface area (Å²) in [6, 6.07) is 7.71. The molecule has 0 bridgehead atoms. The number of ether oxygens (including phenoxy) is 1. The Balaban J connectivity index is 1.86. The van der Waals surface area contributed by atoms with Gasteiger partial charge >= 0.3 is 5.97 Å². The number of benzene rings is 1. The summed E-state index contributed by atoms with van der Waals surface area (Å²) in [6.45, 7) is 3.73. The van der Waals surface area contributed by atoms with Gasteiger partial charge < -0.3 is 10.1 Å². The first-order valence-corrected chi connectivity index (χ1v) is 7.25. The number of nitrogens with zero attached hydrogens (tertiary/aromatic N) is 1. The molecule has 0 spiro atoms. The molecule has 5 nitrogen and oxygen atoms in total. The molecular weight excluding hydrogens is 268 g/mol. The van der Waals surface area contributed by atoms with Crippen LogP contribution in [0.3, 0.4) is 0 Å². The summed E-state index contributed by atoms with van der Waals surface area (Å²) < 4.78 is 4.79. The predicted octanol–water partition coefficient (Wildman–Crippen LogP) is 1.82. The van der Waals surface area contributed by atoms with E-state index in [1.54, 1.807) is 0 Å². The van der Waals surface area contributed by atoms with Gasteiger partial charge in [0.05, 0.1) is 19.6 Å². The molecule has 0 saturated carbocycles. The molecule has 21 heavy (non-hydrogen) atoms. The van der Waals surface area contributed by atoms with Crippen LogP contribution in [-0.2, 0) is 14.3 Å². The van der Waals surface area contributed by atoms with Gasteiger partial charge in [-0.25, -0.2) is 0 Å². The number of hydrogen-bond acceptors (Lipinski definition) is 4. The van der Waals surface area contributed by atoms with Crippen LogP contribution in [0.4, 0.5) is 5.69 Å². The molecule has 114 valence electrons. The molecule has 1 aliphatic heterocycles. The number of rotatable bonds is 4. The van der Waals surface area contributed by atoms with Crippen LogP contribution < -0.4 is 5.32 Å². The fourth-order valence-electron chi connectivity index (χ4n) is 2.68. The average Bonchev–Trinajstić information content (AvgIpc) is 2.46. The Morgan fingerprint density at radius 1 is 1.43 bits per heavy atom. The molecule has 0 aromatic heterocycles. The van der Waals surface area contributed by atoms with Crippen molar-refractivity contribution in [2.45, 2.75) is 19.8 Å². The SMILES string of the molecule is COC(=O)C1CCCN(CC(=O)Nc2cccc(C)c2)C1. The van der Waals surface area contributed by atoms with Gasteiger partial charge in [-0.2, -0.15) is 0 Å². The zero-order valence-electron chi connectivity index (χ0n) is 12.6. The van der Waals surface area contributed by atoms with E-state index < -0.39 is 0 Å². The minimum Gasteiger partial charge on any atom is -0.469 e. The summed E-state index contributed by atoms with van der Waals surface area (Å²) in [5.74, 6) is -0.347. The van der Waals surface area contributed by atoms with E-state index >= 15 is 0 Å². The number of methoxy groups -OCH3 is 1. The van der Waals surface area contributed by atoms with E-state index in [0.717, 1.165) is 30.6 Å². The molecule has 1 N–H and O–H groups in total. The number of hydrogen-bond donors (Lipinski definition) is 1. The van der Waals surface area contributed by atoms with E-state index in [2.05, 4.69) is 5.32 Å². The van der Waals surface area contributed by atoms with Crippen molar-refractivity contribution in [3.05, 3.63) is 29.8 Å². The number of nitrogens with one attached hydrogen (secondary N) is 1. The monoisotopic (exact) mass is 290 g/mol. The number of esters is 1. The van der Waals surface area contributed by atoms with E-state index in [1.165, 1.54) is 7.11 Å². The van der Waals surface area contributed by atoms with E-state index in [-0.39, 0.29) is 17.8 Å². The molecule has 1 aromatic carbocycles. The summed E-state index contributed by atoms with van der Waals surface area (Å²) in [5.41, 5.74) is 1.91. The lowest BCUT2D eigenvalue weighted by atomic mass is 9.98. The smallest absolute Gasteiger partial charge is 0.309 e. The van der Waals surface area contributed by atoms with Crippen molar-refractivity contribution >= 4 is 17.6 Å². The molecule has 0 aliphatic carbocycles. The van der Waals surface area contributed by atoms with Crippen LogP contribution in [0.25, 0.3) is 0 Å². The van der Waals surface area contributed by atoms with Crippen molar-refractivity contribution < 1.29 is 14.3 Å². The Bertz CT molecular complexity index is 516. The Morgan fingerprint density at radius 2 is 2.24 bits per heavy atom. The molecule has 5 heteroatoms. The van der Waals surface area contributed by atoms with Gasteiger partial charge in [-0.05, 0) is 44.0 Å². The van der Waals surface area contributed by atoms with E-state index in [4.69, 9.17) is 4.74 Å². The van der Waals surface area contributed by atoms with Crippen LogP contribution >= 0.6 is 0 Å². The maximum atomic E-state index is 12.1. The van der Waals surface area contributed by atoms with Gasteiger partial charge in [-0.3, -0.25) is 14.5 Å². The minimum absolute atomic E-state index is 0.0499. The fraction of sp³-hybridized carbons (Fsp3) is 0.500. The largest absolute Gasteiger partial charge is 0.469 e. The van der Waals surface area contributed by atoms with Crippen molar-refractivity contribution in [3.8, 4) is 0 Å². The predicted molar refractivity (Wildman–Crippen MR) is 81.0 cm³/mol. The quantitative estimate of drug-likeness (QED) is 0.859. The van der Waals surface area contributed by atoms with Gasteiger partial charge in [0.25, 0.3) is 0 Å². The molecule has 1 amide bonds. The Morgan fingerprint density at radius 3 is 2.95 bits per heavy atom. The molecule has 1 aromatic rings. The Labute approximate surface area is 125 Å². The zero-order valence-corrected chi connectivity index (χ0v) is 12.6. The second-order valence-corrected chi connectivity index (χ2v) is 5.52. The highest BCUT2D eigenvalue weighted by molar-refractivity contribution is 5.92. The molecule has 1 fully saturated rings. The second-order valence-electron chi connectivity index (χ2n) is 5.52. The molecule has 1 atom stereocenters. The normalized spacial score (nSPS) is 19.0. The van der Waals surface area contributed by atoms with E-state index in [9.17, 15) is 9.59 Å². The lowest BCUT2D eigenvalue weighted by Gasteiger charge is -2.30. The van der Waals surface area contributed by atoms with Crippen LogP contribution in [-0.4, -0.2) is 43.5 Å². The lowest BCUT2D eigenvalue weighted by Crippen LogP contribution is -2.42. The number of likely N-dealkylation sites (tertiary alicyclic amines) is 1. The summed E-state index contributed by atoms with van der Waals surface area (Å²) in [6.07, 6.45) is 1.75. The maximum Gasteiger partial charge on any atom is 0.309 e. The number of carbonyl (C=O) groups is 2. The number of aryl methyl sites for hydroxylation is 1. The lowest BCUT2D eigenvalue weighted by molar-refractivity contribution is -0.147. The minimum atomic E-state index is -0.182. The molecule has 1 aliphatic rings. The fourth-order valence-corrected chi connectivity index (χ4v) is 2.68. The van der Waals surface area contributed by atoms with Crippen LogP contribution in [0.1, 0.15) is 18.4 Å². The zero-order chi connectivity index (χ0) is 15.2. The van der Waals surface area contributed by atoms with Gasteiger partial charge in [0.1, 0.15) is 0 Å². The average molecular weight is 290 g/mol. The van der Waals surface area contributed by atoms with Crippen molar-refractivity contribution in [1.82, 2.24) is 4.90 Å². The van der Waals surface area contributed by atoms with Gasteiger partial charge in [-0.1, -0.05) is 12.1 Å². The van der Waals surface area contributed by atoms with Crippen LogP contribution in [0.5, 0.6) is 0 Å². The van der Waals surface area contributed by atoms with Gasteiger partial charge in [0, 0.05) is 12.2 Å². The second kappa shape index (κ2) is 7.22. The van der Waals surface area contributed by atoms with Crippen LogP contribution in [0, 0.1) is 12.8 Å². The molecule has 1 heterocycles. The third kappa shape index (κ3) is 4.56. The number of carbonyl (C=O) groups excluding carboxylic acids is 2. The summed E-state index contributed by atoms with van der Waals surface area (Å²) in [5, 5.41) is 2.89. The first-order chi connectivity index (χ1) is 10.1. The maximum absolute atomic E-state index is 12.1. The van der Waals surface area contributed by atoms with E-state index in [0.29, 0.717) is 13.1 Å². The van der Waals surface area contributed by atoms with Crippen molar-refractivity contribution in [3.63, 3.8) is 0 Å². The van der Waals surface area contributed by atoms with Gasteiger partial charge in [0.15, 0.2) is 0 Å². The first-order valence-electron chi connectivity index (χ1n) is 7.25. The standard InChI is InChI=1S/C16H22N2O3/c1-12-5-3-7-14(9-12)17-15(19)11-18-8-4-6-13(10-18)16(20)21-2/h3,5,7,9,13H,4,6,8,10-11H2,1-2H3,(H,17,19). The number of anilines is 1. The highest BCUT2D eigenvalue weighted by Crippen LogP contribution is 2.17. The molecule has 1 unspecified atom stereocenters. The van der Waals surface area contributed by atoms with Crippen molar-refractivity contribution in [2.75, 3.05) is 32.1 Å². The van der Waals surface area contributed by atoms with Crippen molar-refractivity contribution in [2.24, 2.45) is 5.92 Å². The third-order valence-electron chi connectivity index (χ3n) is 3.71. The highest BCUT2D eigenvalue weighted by atomic mass is 16.5. The number of amides is 1.